The molecule has 1 aliphatic heterocycles. The molecule has 0 spiro atoms. The molecule has 1 amide bonds. The summed E-state index contributed by atoms with van der Waals surface area (Å²) in [5.41, 5.74) is 4.19. The minimum Gasteiger partial charge on any atom is -0.463 e. The number of H-pyrrole nitrogens is 1. The smallest absolute Gasteiger partial charge is 0.417 e. The van der Waals surface area contributed by atoms with Crippen molar-refractivity contribution in [2.75, 3.05) is 26.2 Å². The fraction of sp³-hybridized carbons (Fsp3) is 0.308. The zero-order valence-electron chi connectivity index (χ0n) is 20.5. The maximum atomic E-state index is 13.5. The van der Waals surface area contributed by atoms with E-state index in [1.54, 1.807) is 18.2 Å². The van der Waals surface area contributed by atoms with Gasteiger partial charge in [-0.25, -0.2) is 0 Å². The van der Waals surface area contributed by atoms with Crippen molar-refractivity contribution in [1.82, 2.24) is 15.6 Å². The van der Waals surface area contributed by atoms with Crippen LogP contribution >= 0.6 is 12.4 Å². The maximum absolute atomic E-state index is 13.5. The number of hydrogen-bond donors (Lipinski definition) is 4. The van der Waals surface area contributed by atoms with E-state index in [0.29, 0.717) is 17.4 Å². The zero-order valence-corrected chi connectivity index (χ0v) is 21.3. The average Bonchev–Trinajstić information content (AvgIpc) is 3.27. The molecule has 13 heteroatoms. The lowest BCUT2D eigenvalue weighted by Crippen LogP contribution is -2.35. The predicted molar refractivity (Wildman–Crippen MR) is 139 cm³/mol. The second-order valence-electron chi connectivity index (χ2n) is 8.93. The molecule has 4 rings (SSSR count). The lowest BCUT2D eigenvalue weighted by atomic mass is 9.93. The summed E-state index contributed by atoms with van der Waals surface area (Å²) in [5.74, 6) is -1.74. The van der Waals surface area contributed by atoms with Crippen LogP contribution in [0.25, 0.3) is 22.0 Å². The number of rotatable bonds is 9. The first kappa shape index (κ1) is 29.8. The molecule has 2 aromatic carbocycles. The Bertz CT molecular complexity index is 1440. The van der Waals surface area contributed by atoms with Crippen LogP contribution < -0.4 is 21.9 Å². The summed E-state index contributed by atoms with van der Waals surface area (Å²) in [4.78, 5) is 51.0. The third-order valence-corrected chi connectivity index (χ3v) is 6.24. The number of hydrogen-bond acceptors (Lipinski definition) is 7. The van der Waals surface area contributed by atoms with Crippen molar-refractivity contribution in [1.29, 1.82) is 0 Å². The first-order valence-electron chi connectivity index (χ1n) is 11.8. The van der Waals surface area contributed by atoms with E-state index in [9.17, 15) is 32.3 Å². The number of carbonyl (C=O) groups excluding carboxylic acids is 3. The molecule has 0 bridgehead atoms. The number of halogens is 4. The Balaban J connectivity index is 0.00000420. The molecule has 9 nitrogen and oxygen atoms in total. The molecule has 1 aliphatic rings. The van der Waals surface area contributed by atoms with Crippen LogP contribution in [0.5, 0.6) is 0 Å². The van der Waals surface area contributed by atoms with Gasteiger partial charge in [-0.15, -0.1) is 12.4 Å². The van der Waals surface area contributed by atoms with Crippen LogP contribution in [-0.4, -0.2) is 54.9 Å². The van der Waals surface area contributed by atoms with Gasteiger partial charge in [0.1, 0.15) is 6.61 Å². The van der Waals surface area contributed by atoms with Gasteiger partial charge in [0.2, 0.25) is 5.91 Å². The fourth-order valence-electron chi connectivity index (χ4n) is 4.37. The third-order valence-electron chi connectivity index (χ3n) is 6.24. The van der Waals surface area contributed by atoms with Gasteiger partial charge in [-0.3, -0.25) is 19.2 Å². The van der Waals surface area contributed by atoms with Gasteiger partial charge in [0.15, 0.2) is 5.78 Å². The molecule has 1 fully saturated rings. The lowest BCUT2D eigenvalue weighted by Gasteiger charge is -2.14. The van der Waals surface area contributed by atoms with Gasteiger partial charge in [-0.1, -0.05) is 30.3 Å². The summed E-state index contributed by atoms with van der Waals surface area (Å²) in [6, 6.07) is 10.8. The standard InChI is InChI=1S/C26H25F3N4O5.ClH/c27-26(28,29)21-4-2-1-3-18(21)22-8-15-6-5-14(7-19(15)25(37)33-22)20-9-16(32-24(20)36)13-38-23(35)12-31-11-17(34)10-30;/h1-8,16,20,31H,9-13,30H2,(H,32,36)(H,33,37);1H/t16-,20-;/m0./s1. The summed E-state index contributed by atoms with van der Waals surface area (Å²) < 4.78 is 45.5. The molecular weight excluding hydrogens is 541 g/mol. The van der Waals surface area contributed by atoms with Crippen molar-refractivity contribution < 1.29 is 32.3 Å². The molecule has 39 heavy (non-hydrogen) atoms. The zero-order chi connectivity index (χ0) is 27.4. The van der Waals surface area contributed by atoms with Crippen LogP contribution in [0.3, 0.4) is 0 Å². The summed E-state index contributed by atoms with van der Waals surface area (Å²) in [5, 5.41) is 6.04. The summed E-state index contributed by atoms with van der Waals surface area (Å²) >= 11 is 0. The van der Waals surface area contributed by atoms with Crippen LogP contribution in [0.15, 0.2) is 53.3 Å². The first-order chi connectivity index (χ1) is 18.1. The molecule has 1 aromatic heterocycles. The van der Waals surface area contributed by atoms with Crippen molar-refractivity contribution in [3.05, 3.63) is 70.0 Å². The third kappa shape index (κ3) is 7.02. The molecule has 0 unspecified atom stereocenters. The number of amides is 1. The highest BCUT2D eigenvalue weighted by Gasteiger charge is 2.35. The Kier molecular flexibility index (Phi) is 9.49. The van der Waals surface area contributed by atoms with Crippen molar-refractivity contribution in [3.63, 3.8) is 0 Å². The number of esters is 1. The molecule has 2 atom stereocenters. The number of ketones is 1. The van der Waals surface area contributed by atoms with Crippen molar-refractivity contribution in [2.45, 2.75) is 24.6 Å². The number of benzene rings is 2. The minimum atomic E-state index is -4.59. The van der Waals surface area contributed by atoms with Crippen molar-refractivity contribution >= 4 is 40.8 Å². The molecule has 0 aliphatic carbocycles. The number of pyridine rings is 1. The van der Waals surface area contributed by atoms with E-state index in [1.807, 2.05) is 0 Å². The quantitative estimate of drug-likeness (QED) is 0.291. The van der Waals surface area contributed by atoms with E-state index in [-0.39, 0.29) is 67.0 Å². The Hall–Kier alpha value is -3.74. The molecule has 2 heterocycles. The monoisotopic (exact) mass is 566 g/mol. The van der Waals surface area contributed by atoms with Crippen LogP contribution in [-0.2, 0) is 25.3 Å². The van der Waals surface area contributed by atoms with Crippen LogP contribution in [0.2, 0.25) is 0 Å². The summed E-state index contributed by atoms with van der Waals surface area (Å²) in [7, 11) is 0. The molecular formula is C26H26ClF3N4O5. The van der Waals surface area contributed by atoms with Gasteiger partial charge in [-0.2, -0.15) is 13.2 Å². The molecule has 0 saturated carbocycles. The topological polar surface area (TPSA) is 143 Å². The van der Waals surface area contributed by atoms with Gasteiger partial charge >= 0.3 is 12.1 Å². The van der Waals surface area contributed by atoms with Crippen LogP contribution in [0.1, 0.15) is 23.5 Å². The molecule has 3 aromatic rings. The lowest BCUT2D eigenvalue weighted by molar-refractivity contribution is -0.143. The number of aromatic amines is 1. The van der Waals surface area contributed by atoms with Gasteiger partial charge in [0.05, 0.1) is 37.2 Å². The first-order valence-corrected chi connectivity index (χ1v) is 11.8. The van der Waals surface area contributed by atoms with E-state index in [2.05, 4.69) is 15.6 Å². The van der Waals surface area contributed by atoms with Gasteiger partial charge in [-0.05, 0) is 35.6 Å². The number of alkyl halides is 3. The van der Waals surface area contributed by atoms with Gasteiger partial charge in [0, 0.05) is 16.6 Å². The van der Waals surface area contributed by atoms with E-state index >= 15 is 0 Å². The minimum absolute atomic E-state index is 0. The van der Waals surface area contributed by atoms with Crippen LogP contribution in [0.4, 0.5) is 13.2 Å². The fourth-order valence-corrected chi connectivity index (χ4v) is 4.37. The summed E-state index contributed by atoms with van der Waals surface area (Å²) in [6.07, 6.45) is -4.28. The molecule has 5 N–H and O–H groups in total. The van der Waals surface area contributed by atoms with Gasteiger partial charge in [0.25, 0.3) is 5.56 Å². The summed E-state index contributed by atoms with van der Waals surface area (Å²) in [6.45, 7) is -0.431. The largest absolute Gasteiger partial charge is 0.463 e. The molecule has 208 valence electrons. The van der Waals surface area contributed by atoms with E-state index in [0.717, 1.165) is 6.07 Å². The predicted octanol–water partition coefficient (Wildman–Crippen LogP) is 2.27. The Labute approximate surface area is 226 Å². The molecule has 0 radical (unpaired) electrons. The Morgan fingerprint density at radius 2 is 1.82 bits per heavy atom. The number of nitrogens with two attached hydrogens (primary N) is 1. The van der Waals surface area contributed by atoms with E-state index in [1.165, 1.54) is 24.3 Å². The molecule has 1 saturated heterocycles. The van der Waals surface area contributed by atoms with Crippen molar-refractivity contribution in [2.24, 2.45) is 5.73 Å². The number of fused-ring (bicyclic) bond motifs is 1. The second-order valence-corrected chi connectivity index (χ2v) is 8.93. The van der Waals surface area contributed by atoms with Gasteiger partial charge < -0.3 is 26.1 Å². The Morgan fingerprint density at radius 3 is 2.54 bits per heavy atom. The highest BCUT2D eigenvalue weighted by molar-refractivity contribution is 5.90. The number of ether oxygens (including phenoxy) is 1. The SMILES string of the molecule is Cl.NCC(=O)CNCC(=O)OC[C@@H]1C[C@@H](c2ccc3cc(-c4ccccc4C(F)(F)F)[nH]c(=O)c3c2)C(=O)N1. The van der Waals surface area contributed by atoms with Crippen LogP contribution in [0, 0.1) is 0 Å². The highest BCUT2D eigenvalue weighted by Crippen LogP contribution is 2.37. The highest BCUT2D eigenvalue weighted by atomic mass is 35.5. The van der Waals surface area contributed by atoms with E-state index < -0.39 is 35.2 Å². The number of carbonyl (C=O) groups is 3. The number of Topliss-reactive ketones (excluding diaryl/α,β-unsaturated/α-hetero) is 1. The van der Waals surface area contributed by atoms with Crippen molar-refractivity contribution in [3.8, 4) is 11.3 Å². The Morgan fingerprint density at radius 1 is 1.08 bits per heavy atom. The normalized spacial score (nSPS) is 17.0. The van der Waals surface area contributed by atoms with E-state index in [4.69, 9.17) is 10.5 Å². The number of nitrogens with one attached hydrogen (secondary N) is 3. The number of aromatic nitrogens is 1. The average molecular weight is 567 g/mol. The maximum Gasteiger partial charge on any atom is 0.417 e. The second kappa shape index (κ2) is 12.4.